The van der Waals surface area contributed by atoms with Crippen LogP contribution in [0.15, 0.2) is 70.7 Å². The number of aromatic amines is 2. The molecular formula is C17H13N5O. The van der Waals surface area contributed by atoms with Crippen molar-refractivity contribution in [3.63, 3.8) is 0 Å². The van der Waals surface area contributed by atoms with Crippen molar-refractivity contribution in [3.8, 4) is 11.4 Å². The van der Waals surface area contributed by atoms with Crippen LogP contribution in [-0.4, -0.2) is 26.1 Å². The smallest absolute Gasteiger partial charge is 0.361 e. The van der Waals surface area contributed by atoms with Crippen molar-refractivity contribution >= 4 is 17.1 Å². The van der Waals surface area contributed by atoms with Crippen molar-refractivity contribution in [2.24, 2.45) is 5.10 Å². The van der Waals surface area contributed by atoms with Gasteiger partial charge in [0.05, 0.1) is 6.21 Å². The van der Waals surface area contributed by atoms with Crippen LogP contribution in [0.3, 0.4) is 0 Å². The molecule has 0 unspecified atom stereocenters. The molecule has 112 valence electrons. The van der Waals surface area contributed by atoms with Gasteiger partial charge in [0.15, 0.2) is 5.82 Å². The minimum Gasteiger partial charge on any atom is -0.361 e. The minimum absolute atomic E-state index is 0.375. The SMILES string of the molecule is O=c1[nH]nc(-c2ccccc2)n1/N=C/c1c[nH]c2ccccc12. The van der Waals surface area contributed by atoms with Crippen LogP contribution in [0.2, 0.25) is 0 Å². The van der Waals surface area contributed by atoms with Gasteiger partial charge in [0.2, 0.25) is 0 Å². The molecule has 2 N–H and O–H groups in total. The predicted octanol–water partition coefficient (Wildman–Crippen LogP) is 2.60. The van der Waals surface area contributed by atoms with Crippen LogP contribution >= 0.6 is 0 Å². The molecule has 0 saturated carbocycles. The maximum atomic E-state index is 12.0. The maximum Gasteiger partial charge on any atom is 0.364 e. The van der Waals surface area contributed by atoms with E-state index in [2.05, 4.69) is 20.3 Å². The summed E-state index contributed by atoms with van der Waals surface area (Å²) in [5, 5.41) is 11.8. The van der Waals surface area contributed by atoms with E-state index in [1.807, 2.05) is 60.8 Å². The number of nitrogens with zero attached hydrogens (tertiary/aromatic N) is 3. The first-order chi connectivity index (χ1) is 11.3. The third-order valence-electron chi connectivity index (χ3n) is 3.62. The van der Waals surface area contributed by atoms with E-state index in [1.54, 1.807) is 6.21 Å². The van der Waals surface area contributed by atoms with Gasteiger partial charge in [-0.3, -0.25) is 0 Å². The molecule has 0 atom stereocenters. The number of para-hydroxylation sites is 1. The minimum atomic E-state index is -0.375. The largest absolute Gasteiger partial charge is 0.364 e. The third kappa shape index (κ3) is 2.36. The van der Waals surface area contributed by atoms with Crippen molar-refractivity contribution in [3.05, 3.63) is 76.8 Å². The Morgan fingerprint density at radius 3 is 2.70 bits per heavy atom. The molecule has 2 aromatic heterocycles. The maximum absolute atomic E-state index is 12.0. The van der Waals surface area contributed by atoms with Gasteiger partial charge in [0.1, 0.15) is 0 Å². The molecule has 0 fully saturated rings. The predicted molar refractivity (Wildman–Crippen MR) is 89.6 cm³/mol. The quantitative estimate of drug-likeness (QED) is 0.571. The number of H-pyrrole nitrogens is 2. The van der Waals surface area contributed by atoms with Gasteiger partial charge in [-0.2, -0.15) is 14.9 Å². The van der Waals surface area contributed by atoms with Gasteiger partial charge in [-0.25, -0.2) is 9.89 Å². The van der Waals surface area contributed by atoms with E-state index in [4.69, 9.17) is 0 Å². The van der Waals surface area contributed by atoms with E-state index in [9.17, 15) is 4.79 Å². The van der Waals surface area contributed by atoms with E-state index >= 15 is 0 Å². The van der Waals surface area contributed by atoms with Gasteiger partial charge < -0.3 is 4.98 Å². The molecule has 0 aliphatic carbocycles. The average molecular weight is 303 g/mol. The lowest BCUT2D eigenvalue weighted by Crippen LogP contribution is -2.13. The van der Waals surface area contributed by atoms with Gasteiger partial charge in [0.25, 0.3) is 0 Å². The zero-order valence-electron chi connectivity index (χ0n) is 12.1. The monoisotopic (exact) mass is 303 g/mol. The number of fused-ring (bicyclic) bond motifs is 1. The Kier molecular flexibility index (Phi) is 3.12. The average Bonchev–Trinajstić information content (AvgIpc) is 3.17. The number of hydrogen-bond donors (Lipinski definition) is 2. The summed E-state index contributed by atoms with van der Waals surface area (Å²) < 4.78 is 1.26. The fourth-order valence-corrected chi connectivity index (χ4v) is 2.49. The van der Waals surface area contributed by atoms with Gasteiger partial charge in [0, 0.05) is 28.2 Å². The van der Waals surface area contributed by atoms with Crippen LogP contribution in [0, 0.1) is 0 Å². The summed E-state index contributed by atoms with van der Waals surface area (Å²) in [6.07, 6.45) is 3.52. The van der Waals surface area contributed by atoms with Crippen molar-refractivity contribution in [1.82, 2.24) is 19.9 Å². The molecule has 6 nitrogen and oxygen atoms in total. The van der Waals surface area contributed by atoms with Crippen molar-refractivity contribution in [1.29, 1.82) is 0 Å². The Morgan fingerprint density at radius 1 is 1.04 bits per heavy atom. The number of rotatable bonds is 3. The van der Waals surface area contributed by atoms with E-state index in [-0.39, 0.29) is 5.69 Å². The molecule has 4 rings (SSSR count). The van der Waals surface area contributed by atoms with Crippen molar-refractivity contribution in [2.75, 3.05) is 0 Å². The zero-order valence-corrected chi connectivity index (χ0v) is 12.1. The molecule has 2 heterocycles. The molecule has 0 aliphatic heterocycles. The van der Waals surface area contributed by atoms with Crippen LogP contribution in [0.1, 0.15) is 5.56 Å². The van der Waals surface area contributed by atoms with Crippen LogP contribution in [0.4, 0.5) is 0 Å². The fraction of sp³-hybridized carbons (Fsp3) is 0. The summed E-state index contributed by atoms with van der Waals surface area (Å²) in [6.45, 7) is 0. The molecule has 23 heavy (non-hydrogen) atoms. The van der Waals surface area contributed by atoms with Gasteiger partial charge >= 0.3 is 5.69 Å². The number of hydrogen-bond acceptors (Lipinski definition) is 3. The Bertz CT molecular complexity index is 1040. The first-order valence-corrected chi connectivity index (χ1v) is 7.16. The third-order valence-corrected chi connectivity index (χ3v) is 3.62. The summed E-state index contributed by atoms with van der Waals surface area (Å²) in [5.41, 5.74) is 2.38. The highest BCUT2D eigenvalue weighted by Crippen LogP contribution is 2.17. The number of aromatic nitrogens is 4. The highest BCUT2D eigenvalue weighted by molar-refractivity contribution is 5.98. The van der Waals surface area contributed by atoms with Crippen molar-refractivity contribution in [2.45, 2.75) is 0 Å². The fourth-order valence-electron chi connectivity index (χ4n) is 2.49. The summed E-state index contributed by atoms with van der Waals surface area (Å²) in [4.78, 5) is 15.1. The lowest BCUT2D eigenvalue weighted by atomic mass is 10.2. The number of benzene rings is 2. The Hall–Kier alpha value is -3.41. The van der Waals surface area contributed by atoms with Crippen LogP contribution in [0.25, 0.3) is 22.3 Å². The standard InChI is InChI=1S/C17H13N5O/c23-17-21-20-16(12-6-2-1-3-7-12)22(17)19-11-13-10-18-15-9-5-4-8-14(13)15/h1-11,18H,(H,21,23)/b19-11+. The second-order valence-corrected chi connectivity index (χ2v) is 5.06. The number of nitrogens with one attached hydrogen (secondary N) is 2. The lowest BCUT2D eigenvalue weighted by Gasteiger charge is -1.99. The normalized spacial score (nSPS) is 11.5. The Labute approximate surface area is 131 Å². The molecule has 2 aromatic carbocycles. The summed E-state index contributed by atoms with van der Waals surface area (Å²) in [5.74, 6) is 0.478. The molecule has 6 heteroatoms. The first kappa shape index (κ1) is 13.3. The second-order valence-electron chi connectivity index (χ2n) is 5.06. The van der Waals surface area contributed by atoms with Crippen molar-refractivity contribution < 1.29 is 0 Å². The lowest BCUT2D eigenvalue weighted by molar-refractivity contribution is 0.842. The molecule has 0 amide bonds. The second kappa shape index (κ2) is 5.42. The highest BCUT2D eigenvalue weighted by Gasteiger charge is 2.09. The van der Waals surface area contributed by atoms with E-state index in [0.717, 1.165) is 22.0 Å². The summed E-state index contributed by atoms with van der Waals surface area (Å²) >= 11 is 0. The Morgan fingerprint density at radius 2 is 1.83 bits per heavy atom. The first-order valence-electron chi connectivity index (χ1n) is 7.16. The molecule has 0 radical (unpaired) electrons. The van der Waals surface area contributed by atoms with Crippen LogP contribution in [-0.2, 0) is 0 Å². The van der Waals surface area contributed by atoms with Gasteiger partial charge in [-0.05, 0) is 6.07 Å². The topological polar surface area (TPSA) is 78.8 Å². The summed E-state index contributed by atoms with van der Waals surface area (Å²) in [6, 6.07) is 17.4. The molecule has 4 aromatic rings. The molecular weight excluding hydrogens is 290 g/mol. The van der Waals surface area contributed by atoms with Gasteiger partial charge in [-0.1, -0.05) is 48.5 Å². The molecule has 0 aliphatic rings. The van der Waals surface area contributed by atoms with E-state index in [1.165, 1.54) is 4.68 Å². The molecule has 0 saturated heterocycles. The zero-order chi connectivity index (χ0) is 15.6. The van der Waals surface area contributed by atoms with E-state index in [0.29, 0.717) is 5.82 Å². The molecule has 0 bridgehead atoms. The molecule has 0 spiro atoms. The Balaban J connectivity index is 1.78. The van der Waals surface area contributed by atoms with Gasteiger partial charge in [-0.15, -0.1) is 0 Å². The highest BCUT2D eigenvalue weighted by atomic mass is 16.2. The summed E-state index contributed by atoms with van der Waals surface area (Å²) in [7, 11) is 0. The van der Waals surface area contributed by atoms with E-state index < -0.39 is 0 Å². The van der Waals surface area contributed by atoms with Crippen LogP contribution < -0.4 is 5.69 Å². The van der Waals surface area contributed by atoms with Crippen LogP contribution in [0.5, 0.6) is 0 Å².